The fourth-order valence-electron chi connectivity index (χ4n) is 3.18. The smallest absolute Gasteiger partial charge is 0.206 e. The molecule has 0 unspecified atom stereocenters. The van der Waals surface area contributed by atoms with Crippen LogP contribution in [0.3, 0.4) is 0 Å². The van der Waals surface area contributed by atoms with Crippen molar-refractivity contribution < 1.29 is 9.47 Å². The van der Waals surface area contributed by atoms with Crippen molar-refractivity contribution in [2.45, 2.75) is 39.5 Å². The number of rotatable bonds is 5. The third-order valence-electron chi connectivity index (χ3n) is 4.75. The first kappa shape index (κ1) is 18.7. The highest BCUT2D eigenvalue weighted by Crippen LogP contribution is 2.34. The highest BCUT2D eigenvalue weighted by atomic mass is 32.1. The van der Waals surface area contributed by atoms with E-state index in [0.717, 1.165) is 52.9 Å². The van der Waals surface area contributed by atoms with E-state index in [2.05, 4.69) is 17.3 Å². The third-order valence-corrected chi connectivity index (χ3v) is 5.61. The minimum absolute atomic E-state index is 0.733. The zero-order valence-electron chi connectivity index (χ0n) is 16.0. The summed E-state index contributed by atoms with van der Waals surface area (Å²) in [7, 11) is 3.36. The fourth-order valence-corrected chi connectivity index (χ4v) is 4.06. The molecule has 26 heavy (non-hydrogen) atoms. The van der Waals surface area contributed by atoms with E-state index in [1.807, 2.05) is 29.8 Å². The topological polar surface area (TPSA) is 48.1 Å². The van der Waals surface area contributed by atoms with Gasteiger partial charge in [-0.3, -0.25) is 4.99 Å². The average molecular weight is 374 g/mol. The molecule has 0 N–H and O–H groups in total. The molecule has 0 bridgehead atoms. The molecule has 1 aliphatic carbocycles. The molecular weight excluding hydrogens is 346 g/mol. The molecule has 0 radical (unpaired) electrons. The van der Waals surface area contributed by atoms with Crippen LogP contribution in [-0.4, -0.2) is 31.2 Å². The number of ether oxygens (including phenoxy) is 2. The summed E-state index contributed by atoms with van der Waals surface area (Å²) in [5.41, 5.74) is 3.21. The summed E-state index contributed by atoms with van der Waals surface area (Å²) in [5, 5.41) is 7.09. The van der Waals surface area contributed by atoms with Crippen LogP contribution in [0.2, 0.25) is 0 Å². The van der Waals surface area contributed by atoms with E-state index in [9.17, 15) is 0 Å². The molecule has 1 aliphatic rings. The lowest BCUT2D eigenvalue weighted by molar-refractivity contribution is 0.404. The molecule has 1 aromatic heterocycles. The Bertz CT molecular complexity index is 841. The maximum absolute atomic E-state index is 5.58. The predicted molar refractivity (Wildman–Crippen MR) is 107 cm³/mol. The Morgan fingerprint density at radius 1 is 1.19 bits per heavy atom. The molecule has 1 heterocycles. The molecule has 3 rings (SSSR count). The molecule has 2 aromatic rings. The minimum Gasteiger partial charge on any atom is -0.497 e. The summed E-state index contributed by atoms with van der Waals surface area (Å²) in [6, 6.07) is 5.84. The van der Waals surface area contributed by atoms with Crippen LogP contribution >= 0.6 is 11.3 Å². The van der Waals surface area contributed by atoms with Crippen LogP contribution in [0.4, 0.5) is 0 Å². The van der Waals surface area contributed by atoms with Crippen molar-refractivity contribution in [3.8, 4) is 22.8 Å². The molecule has 0 spiro atoms. The summed E-state index contributed by atoms with van der Waals surface area (Å²) in [4.78, 5) is 5.55. The Hall–Kier alpha value is -2.08. The Morgan fingerprint density at radius 3 is 2.62 bits per heavy atom. The number of thiazole rings is 1. The van der Waals surface area contributed by atoms with Crippen LogP contribution in [-0.2, 0) is 0 Å². The third kappa shape index (κ3) is 4.01. The number of hydrogen-bond acceptors (Lipinski definition) is 5. The zero-order valence-corrected chi connectivity index (χ0v) is 16.8. The van der Waals surface area contributed by atoms with Gasteiger partial charge in [0.15, 0.2) is 0 Å². The molecule has 0 aliphatic heterocycles. The van der Waals surface area contributed by atoms with Crippen LogP contribution in [0.15, 0.2) is 33.7 Å². The van der Waals surface area contributed by atoms with Gasteiger partial charge in [0.2, 0.25) is 4.80 Å². The Kier molecular flexibility index (Phi) is 6.14. The Labute approximate surface area is 159 Å². The van der Waals surface area contributed by atoms with E-state index in [0.29, 0.717) is 0 Å². The van der Waals surface area contributed by atoms with Crippen LogP contribution in [0, 0.1) is 5.92 Å². The molecule has 0 amide bonds. The molecule has 1 saturated carbocycles. The van der Waals surface area contributed by atoms with Gasteiger partial charge in [-0.05, 0) is 56.7 Å². The van der Waals surface area contributed by atoms with Crippen molar-refractivity contribution in [3.05, 3.63) is 28.4 Å². The highest BCUT2D eigenvalue weighted by Gasteiger charge is 2.17. The van der Waals surface area contributed by atoms with Gasteiger partial charge >= 0.3 is 0 Å². The van der Waals surface area contributed by atoms with Gasteiger partial charge in [0.1, 0.15) is 11.5 Å². The first-order chi connectivity index (χ1) is 12.7. The molecular formula is C20H27N3O2S. The Morgan fingerprint density at radius 2 is 1.96 bits per heavy atom. The molecule has 0 atom stereocenters. The summed E-state index contributed by atoms with van der Waals surface area (Å²) < 4.78 is 13.0. The Balaban J connectivity index is 2.12. The van der Waals surface area contributed by atoms with Gasteiger partial charge in [0.05, 0.1) is 19.9 Å². The maximum Gasteiger partial charge on any atom is 0.206 e. The van der Waals surface area contributed by atoms with Crippen molar-refractivity contribution in [2.75, 3.05) is 20.8 Å². The number of nitrogens with zero attached hydrogens (tertiary/aromatic N) is 3. The molecule has 1 aromatic carbocycles. The summed E-state index contributed by atoms with van der Waals surface area (Å²) >= 11 is 1.61. The molecule has 0 saturated heterocycles. The van der Waals surface area contributed by atoms with Crippen molar-refractivity contribution in [3.63, 3.8) is 0 Å². The van der Waals surface area contributed by atoms with Crippen LogP contribution in [0.5, 0.6) is 11.5 Å². The lowest BCUT2D eigenvalue weighted by Gasteiger charge is -2.19. The second kappa shape index (κ2) is 8.54. The van der Waals surface area contributed by atoms with Crippen LogP contribution in [0.1, 0.15) is 39.5 Å². The second-order valence-electron chi connectivity index (χ2n) is 6.60. The molecule has 1 fully saturated rings. The minimum atomic E-state index is 0.733. The molecule has 140 valence electrons. The quantitative estimate of drug-likeness (QED) is 0.771. The van der Waals surface area contributed by atoms with Crippen molar-refractivity contribution >= 4 is 17.0 Å². The lowest BCUT2D eigenvalue weighted by atomic mass is 9.90. The first-order valence-corrected chi connectivity index (χ1v) is 10.0. The summed E-state index contributed by atoms with van der Waals surface area (Å²) in [5.74, 6) is 2.39. The highest BCUT2D eigenvalue weighted by molar-refractivity contribution is 7.07. The van der Waals surface area contributed by atoms with E-state index >= 15 is 0 Å². The van der Waals surface area contributed by atoms with Crippen LogP contribution < -0.4 is 14.3 Å². The fraction of sp³-hybridized carbons (Fsp3) is 0.500. The van der Waals surface area contributed by atoms with Crippen molar-refractivity contribution in [1.29, 1.82) is 0 Å². The predicted octanol–water partition coefficient (Wildman–Crippen LogP) is 4.57. The largest absolute Gasteiger partial charge is 0.497 e. The van der Waals surface area contributed by atoms with E-state index in [-0.39, 0.29) is 0 Å². The molecule has 5 nitrogen and oxygen atoms in total. The lowest BCUT2D eigenvalue weighted by Crippen LogP contribution is -2.18. The number of benzene rings is 1. The van der Waals surface area contributed by atoms with E-state index in [1.54, 1.807) is 25.6 Å². The SMILES string of the molecule is CCN=c1scc(-c2cc(OC)ccc2OC)n1N=C1CCC(C)CC1. The van der Waals surface area contributed by atoms with Gasteiger partial charge in [-0.15, -0.1) is 11.3 Å². The standard InChI is InChI=1S/C20H27N3O2S/c1-5-21-20-23(22-15-8-6-14(2)7-9-15)18(13-26-20)17-12-16(24-3)10-11-19(17)25-4/h10-14H,5-9H2,1-4H3. The summed E-state index contributed by atoms with van der Waals surface area (Å²) in [6.45, 7) is 5.10. The number of methoxy groups -OCH3 is 2. The van der Waals surface area contributed by atoms with Crippen molar-refractivity contribution in [2.24, 2.45) is 16.0 Å². The van der Waals surface area contributed by atoms with Gasteiger partial charge in [-0.1, -0.05) is 6.92 Å². The average Bonchev–Trinajstić information content (AvgIpc) is 3.05. The zero-order chi connectivity index (χ0) is 18.5. The van der Waals surface area contributed by atoms with Crippen molar-refractivity contribution in [1.82, 2.24) is 4.68 Å². The summed E-state index contributed by atoms with van der Waals surface area (Å²) in [6.07, 6.45) is 4.54. The van der Waals surface area contributed by atoms with E-state index < -0.39 is 0 Å². The van der Waals surface area contributed by atoms with Gasteiger partial charge in [0.25, 0.3) is 0 Å². The van der Waals surface area contributed by atoms with Gasteiger partial charge in [0, 0.05) is 23.2 Å². The first-order valence-electron chi connectivity index (χ1n) is 9.16. The van der Waals surface area contributed by atoms with E-state index in [4.69, 9.17) is 14.6 Å². The van der Waals surface area contributed by atoms with Gasteiger partial charge < -0.3 is 9.47 Å². The second-order valence-corrected chi connectivity index (χ2v) is 7.44. The number of hydrogen-bond donors (Lipinski definition) is 0. The maximum atomic E-state index is 5.58. The van der Waals surface area contributed by atoms with Crippen LogP contribution in [0.25, 0.3) is 11.3 Å². The molecule has 6 heteroatoms. The van der Waals surface area contributed by atoms with Gasteiger partial charge in [-0.25, -0.2) is 4.68 Å². The van der Waals surface area contributed by atoms with E-state index in [1.165, 1.54) is 18.6 Å². The van der Waals surface area contributed by atoms with Gasteiger partial charge in [-0.2, -0.15) is 5.10 Å². The monoisotopic (exact) mass is 373 g/mol. The normalized spacial score (nSPS) is 18.1. The number of aromatic nitrogens is 1.